The number of nitrogens with two attached hydrogens (primary N) is 1. The van der Waals surface area contributed by atoms with E-state index in [0.29, 0.717) is 0 Å². The number of thioether (sulfide) groups is 1. The summed E-state index contributed by atoms with van der Waals surface area (Å²) in [5.74, 6) is 0. The van der Waals surface area contributed by atoms with E-state index in [1.165, 1.54) is 17.7 Å². The van der Waals surface area contributed by atoms with E-state index in [1.807, 2.05) is 12.3 Å². The van der Waals surface area contributed by atoms with Crippen molar-refractivity contribution in [3.05, 3.63) is 22.6 Å². The van der Waals surface area contributed by atoms with Crippen molar-refractivity contribution >= 4 is 11.8 Å². The Kier molecular flexibility index (Phi) is 6.13. The molecule has 0 spiro atoms. The lowest BCUT2D eigenvalue weighted by molar-refractivity contribution is 0.810. The maximum Gasteiger partial charge on any atom is 0.0116 e. The second-order valence-corrected chi connectivity index (χ2v) is 3.67. The van der Waals surface area contributed by atoms with Gasteiger partial charge < -0.3 is 5.73 Å². The minimum Gasteiger partial charge on any atom is -0.402 e. The molecule has 11 heavy (non-hydrogen) atoms. The van der Waals surface area contributed by atoms with E-state index in [-0.39, 0.29) is 0 Å². The van der Waals surface area contributed by atoms with E-state index in [0.717, 1.165) is 12.1 Å². The summed E-state index contributed by atoms with van der Waals surface area (Å²) in [5, 5.41) is 1.94. The molecule has 0 unspecified atom stereocenters. The van der Waals surface area contributed by atoms with E-state index in [9.17, 15) is 0 Å². The molecule has 64 valence electrons. The van der Waals surface area contributed by atoms with Gasteiger partial charge in [0.1, 0.15) is 0 Å². The van der Waals surface area contributed by atoms with Crippen LogP contribution in [0.4, 0.5) is 0 Å². The third-order valence-electron chi connectivity index (χ3n) is 1.22. The topological polar surface area (TPSA) is 26.0 Å². The van der Waals surface area contributed by atoms with E-state index in [1.54, 1.807) is 11.8 Å². The van der Waals surface area contributed by atoms with E-state index in [4.69, 9.17) is 5.73 Å². The fourth-order valence-corrected chi connectivity index (χ4v) is 1.22. The van der Waals surface area contributed by atoms with Crippen LogP contribution < -0.4 is 5.73 Å². The Labute approximate surface area is 73.7 Å². The predicted octanol–water partition coefficient (Wildman–Crippen LogP) is 3.24. The summed E-state index contributed by atoms with van der Waals surface area (Å²) in [6.45, 7) is 8.00. The lowest BCUT2D eigenvalue weighted by Crippen LogP contribution is -1.87. The van der Waals surface area contributed by atoms with Crippen molar-refractivity contribution in [2.75, 3.05) is 0 Å². The molecule has 0 bridgehead atoms. The van der Waals surface area contributed by atoms with E-state index in [2.05, 4.69) is 13.5 Å². The highest BCUT2D eigenvalue weighted by molar-refractivity contribution is 8.05. The number of rotatable bonds is 5. The van der Waals surface area contributed by atoms with Gasteiger partial charge in [-0.15, -0.1) is 11.8 Å². The molecular weight excluding hydrogens is 154 g/mol. The fourth-order valence-electron chi connectivity index (χ4n) is 0.609. The standard InChI is InChI=1S/C9H17NS/c1-4-5-6-9(3)11-7-8(2)10/h7H,3-6,10H2,1-2H3/b8-7+. The Morgan fingerprint density at radius 2 is 2.27 bits per heavy atom. The van der Waals surface area contributed by atoms with Crippen LogP contribution in [0.25, 0.3) is 0 Å². The minimum absolute atomic E-state index is 0.854. The van der Waals surface area contributed by atoms with Crippen molar-refractivity contribution in [1.82, 2.24) is 0 Å². The zero-order chi connectivity index (χ0) is 8.69. The molecule has 2 N–H and O–H groups in total. The molecule has 0 aliphatic rings. The van der Waals surface area contributed by atoms with Crippen LogP contribution in [-0.4, -0.2) is 0 Å². The highest BCUT2D eigenvalue weighted by atomic mass is 32.2. The van der Waals surface area contributed by atoms with Crippen LogP contribution >= 0.6 is 11.8 Å². The Morgan fingerprint density at radius 3 is 2.73 bits per heavy atom. The highest BCUT2D eigenvalue weighted by Crippen LogP contribution is 2.20. The Morgan fingerprint density at radius 1 is 1.64 bits per heavy atom. The highest BCUT2D eigenvalue weighted by Gasteiger charge is 1.91. The van der Waals surface area contributed by atoms with E-state index >= 15 is 0 Å². The molecule has 0 aliphatic carbocycles. The smallest absolute Gasteiger partial charge is 0.0116 e. The largest absolute Gasteiger partial charge is 0.402 e. The van der Waals surface area contributed by atoms with Gasteiger partial charge in [-0.1, -0.05) is 19.9 Å². The molecule has 0 saturated heterocycles. The van der Waals surface area contributed by atoms with Crippen molar-refractivity contribution in [3.63, 3.8) is 0 Å². The molecule has 1 nitrogen and oxygen atoms in total. The average molecular weight is 171 g/mol. The van der Waals surface area contributed by atoms with Crippen molar-refractivity contribution < 1.29 is 0 Å². The van der Waals surface area contributed by atoms with E-state index < -0.39 is 0 Å². The van der Waals surface area contributed by atoms with Crippen LogP contribution in [0, 0.1) is 0 Å². The molecule has 0 saturated carbocycles. The maximum absolute atomic E-state index is 5.47. The van der Waals surface area contributed by atoms with Crippen molar-refractivity contribution in [3.8, 4) is 0 Å². The second-order valence-electron chi connectivity index (χ2n) is 2.62. The third-order valence-corrected chi connectivity index (χ3v) is 2.25. The third kappa shape index (κ3) is 7.53. The second kappa shape index (κ2) is 6.35. The van der Waals surface area contributed by atoms with Crippen LogP contribution in [0.2, 0.25) is 0 Å². The van der Waals surface area contributed by atoms with Crippen LogP contribution in [0.5, 0.6) is 0 Å². The molecule has 0 rings (SSSR count). The summed E-state index contributed by atoms with van der Waals surface area (Å²) in [4.78, 5) is 1.21. The van der Waals surface area contributed by atoms with Gasteiger partial charge in [0.2, 0.25) is 0 Å². The summed E-state index contributed by atoms with van der Waals surface area (Å²) >= 11 is 1.64. The summed E-state index contributed by atoms with van der Waals surface area (Å²) in [5.41, 5.74) is 6.32. The van der Waals surface area contributed by atoms with Crippen molar-refractivity contribution in [1.29, 1.82) is 0 Å². The first-order chi connectivity index (χ1) is 5.16. The molecule has 0 fully saturated rings. The van der Waals surface area contributed by atoms with Crippen LogP contribution in [-0.2, 0) is 0 Å². The fraction of sp³-hybridized carbons (Fsp3) is 0.556. The number of unbranched alkanes of at least 4 members (excludes halogenated alkanes) is 1. The molecule has 0 radical (unpaired) electrons. The summed E-state index contributed by atoms with van der Waals surface area (Å²) in [7, 11) is 0. The van der Waals surface area contributed by atoms with Crippen LogP contribution in [0.1, 0.15) is 33.1 Å². The predicted molar refractivity (Wildman–Crippen MR) is 54.2 cm³/mol. The lowest BCUT2D eigenvalue weighted by atomic mass is 10.2. The minimum atomic E-state index is 0.854. The van der Waals surface area contributed by atoms with Gasteiger partial charge in [-0.2, -0.15) is 0 Å². The van der Waals surface area contributed by atoms with Crippen LogP contribution in [0.15, 0.2) is 22.6 Å². The van der Waals surface area contributed by atoms with Gasteiger partial charge in [-0.05, 0) is 30.1 Å². The summed E-state index contributed by atoms with van der Waals surface area (Å²) in [6.07, 6.45) is 3.55. The normalized spacial score (nSPS) is 11.6. The Bertz CT molecular complexity index is 146. The van der Waals surface area contributed by atoms with Gasteiger partial charge in [0.05, 0.1) is 0 Å². The van der Waals surface area contributed by atoms with Crippen molar-refractivity contribution in [2.45, 2.75) is 33.1 Å². The maximum atomic E-state index is 5.47. The monoisotopic (exact) mass is 171 g/mol. The van der Waals surface area contributed by atoms with Crippen LogP contribution in [0.3, 0.4) is 0 Å². The number of allylic oxidation sites excluding steroid dienone is 2. The average Bonchev–Trinajstić information content (AvgIpc) is 1.97. The van der Waals surface area contributed by atoms with Gasteiger partial charge in [0.25, 0.3) is 0 Å². The molecule has 0 amide bonds. The molecular formula is C9H17NS. The molecule has 0 aromatic rings. The SMILES string of the molecule is C=C(CCCC)S/C=C(\C)N. The molecule has 0 aliphatic heterocycles. The van der Waals surface area contributed by atoms with Gasteiger partial charge in [0, 0.05) is 5.70 Å². The van der Waals surface area contributed by atoms with Gasteiger partial charge in [-0.25, -0.2) is 0 Å². The molecule has 0 aromatic heterocycles. The van der Waals surface area contributed by atoms with Gasteiger partial charge >= 0.3 is 0 Å². The molecule has 2 heteroatoms. The summed E-state index contributed by atoms with van der Waals surface area (Å²) < 4.78 is 0. The first kappa shape index (κ1) is 10.6. The zero-order valence-electron chi connectivity index (χ0n) is 7.39. The molecule has 0 aromatic carbocycles. The van der Waals surface area contributed by atoms with Gasteiger partial charge in [0.15, 0.2) is 0 Å². The summed E-state index contributed by atoms with van der Waals surface area (Å²) in [6, 6.07) is 0. The molecule has 0 heterocycles. The first-order valence-electron chi connectivity index (χ1n) is 3.93. The van der Waals surface area contributed by atoms with Crippen molar-refractivity contribution in [2.24, 2.45) is 5.73 Å². The number of hydrogen-bond acceptors (Lipinski definition) is 2. The first-order valence-corrected chi connectivity index (χ1v) is 4.81. The number of hydrogen-bond donors (Lipinski definition) is 1. The van der Waals surface area contributed by atoms with Gasteiger partial charge in [-0.3, -0.25) is 0 Å². The quantitative estimate of drug-likeness (QED) is 0.687. The Balaban J connectivity index is 3.45. The molecule has 0 atom stereocenters. The Hall–Kier alpha value is -0.370. The zero-order valence-corrected chi connectivity index (χ0v) is 8.21. The lowest BCUT2D eigenvalue weighted by Gasteiger charge is -1.99.